The molecule has 28 heavy (non-hydrogen) atoms. The van der Waals surface area contributed by atoms with Gasteiger partial charge in [0, 0.05) is 18.9 Å². The van der Waals surface area contributed by atoms with Crippen molar-refractivity contribution in [3.05, 3.63) is 52.6 Å². The molecule has 1 aliphatic rings. The van der Waals surface area contributed by atoms with Crippen molar-refractivity contribution in [1.29, 1.82) is 0 Å². The summed E-state index contributed by atoms with van der Waals surface area (Å²) in [6.45, 7) is 7.21. The molecule has 0 amide bonds. The molecule has 9 nitrogen and oxygen atoms in total. The molecule has 0 radical (unpaired) electrons. The minimum atomic E-state index is -0.285. The van der Waals surface area contributed by atoms with Gasteiger partial charge in [0.25, 0.3) is 0 Å². The molecule has 0 bridgehead atoms. The van der Waals surface area contributed by atoms with Crippen molar-refractivity contribution in [3.63, 3.8) is 0 Å². The van der Waals surface area contributed by atoms with Crippen LogP contribution in [-0.2, 0) is 4.79 Å². The molecule has 3 heterocycles. The highest BCUT2D eigenvalue weighted by molar-refractivity contribution is 5.82. The second-order valence-corrected chi connectivity index (χ2v) is 6.90. The van der Waals surface area contributed by atoms with Gasteiger partial charge in [-0.05, 0) is 25.0 Å². The van der Waals surface area contributed by atoms with Crippen LogP contribution in [0.1, 0.15) is 31.7 Å². The lowest BCUT2D eigenvalue weighted by Gasteiger charge is -2.21. The third-order valence-electron chi connectivity index (χ3n) is 5.14. The Balaban J connectivity index is 1.68. The molecule has 0 aliphatic heterocycles. The predicted molar refractivity (Wildman–Crippen MR) is 102 cm³/mol. The Morgan fingerprint density at radius 3 is 2.96 bits per heavy atom. The van der Waals surface area contributed by atoms with Crippen LogP contribution in [0.3, 0.4) is 0 Å². The van der Waals surface area contributed by atoms with E-state index in [9.17, 15) is 9.59 Å². The first-order valence-corrected chi connectivity index (χ1v) is 8.98. The molecule has 1 fully saturated rings. The van der Waals surface area contributed by atoms with E-state index in [4.69, 9.17) is 6.57 Å². The van der Waals surface area contributed by atoms with Gasteiger partial charge in [-0.2, -0.15) is 4.98 Å². The second-order valence-electron chi connectivity index (χ2n) is 6.90. The van der Waals surface area contributed by atoms with Gasteiger partial charge < -0.3 is 4.98 Å². The SMILES string of the molecule is [C-]#[N+]c1ccc2ncn(-c3ncc4[nH]c(=O)n(C5CCCC(=O)C5)c4n3)c2c1. The van der Waals surface area contributed by atoms with Gasteiger partial charge in [-0.15, -0.1) is 0 Å². The van der Waals surface area contributed by atoms with E-state index in [0.717, 1.165) is 18.4 Å². The maximum absolute atomic E-state index is 12.5. The van der Waals surface area contributed by atoms with Gasteiger partial charge in [-0.3, -0.25) is 13.9 Å². The van der Waals surface area contributed by atoms with E-state index in [1.807, 2.05) is 0 Å². The maximum Gasteiger partial charge on any atom is 0.327 e. The number of rotatable bonds is 2. The highest BCUT2D eigenvalue weighted by Gasteiger charge is 2.25. The summed E-state index contributed by atoms with van der Waals surface area (Å²) in [5, 5.41) is 0. The third kappa shape index (κ3) is 2.50. The fraction of sp³-hybridized carbons (Fsp3) is 0.263. The first-order chi connectivity index (χ1) is 13.6. The molecule has 0 saturated heterocycles. The number of ketones is 1. The Labute approximate surface area is 158 Å². The normalized spacial score (nSPS) is 17.2. The third-order valence-corrected chi connectivity index (χ3v) is 5.14. The van der Waals surface area contributed by atoms with Crippen LogP contribution in [-0.4, -0.2) is 34.9 Å². The van der Waals surface area contributed by atoms with Crippen molar-refractivity contribution in [2.45, 2.75) is 31.7 Å². The molecule has 1 saturated carbocycles. The Morgan fingerprint density at radius 1 is 1.25 bits per heavy atom. The van der Waals surface area contributed by atoms with Crippen molar-refractivity contribution < 1.29 is 4.79 Å². The summed E-state index contributed by atoms with van der Waals surface area (Å²) in [7, 11) is 0. The van der Waals surface area contributed by atoms with Gasteiger partial charge in [0.15, 0.2) is 11.3 Å². The molecule has 1 N–H and O–H groups in total. The second kappa shape index (κ2) is 6.13. The molecular weight excluding hydrogens is 358 g/mol. The summed E-state index contributed by atoms with van der Waals surface area (Å²) in [5.41, 5.74) is 2.64. The Kier molecular flexibility index (Phi) is 3.58. The number of nitrogens with one attached hydrogen (secondary N) is 1. The zero-order valence-corrected chi connectivity index (χ0v) is 14.8. The molecule has 138 valence electrons. The lowest BCUT2D eigenvalue weighted by molar-refractivity contribution is -0.121. The molecule has 1 atom stereocenters. The van der Waals surface area contributed by atoms with Crippen LogP contribution in [0.4, 0.5) is 5.69 Å². The molecule has 3 aromatic heterocycles. The van der Waals surface area contributed by atoms with E-state index in [0.29, 0.717) is 41.2 Å². The maximum atomic E-state index is 12.5. The van der Waals surface area contributed by atoms with E-state index in [1.165, 1.54) is 0 Å². The van der Waals surface area contributed by atoms with Crippen molar-refractivity contribution in [1.82, 2.24) is 29.1 Å². The number of carbonyl (C=O) groups is 1. The summed E-state index contributed by atoms with van der Waals surface area (Å²) in [4.78, 5) is 43.9. The first-order valence-electron chi connectivity index (χ1n) is 8.98. The molecule has 5 rings (SSSR count). The average molecular weight is 373 g/mol. The lowest BCUT2D eigenvalue weighted by atomic mass is 9.94. The number of aromatic nitrogens is 6. The number of fused-ring (bicyclic) bond motifs is 2. The van der Waals surface area contributed by atoms with Crippen LogP contribution >= 0.6 is 0 Å². The summed E-state index contributed by atoms with van der Waals surface area (Å²) in [6, 6.07) is 5.02. The fourth-order valence-corrected chi connectivity index (χ4v) is 3.81. The van der Waals surface area contributed by atoms with E-state index >= 15 is 0 Å². The Hall–Kier alpha value is -3.80. The van der Waals surface area contributed by atoms with Gasteiger partial charge >= 0.3 is 5.69 Å². The molecular formula is C19H15N7O2. The number of H-pyrrole nitrogens is 1. The minimum absolute atomic E-state index is 0.166. The molecule has 4 aromatic rings. The zero-order chi connectivity index (χ0) is 19.3. The van der Waals surface area contributed by atoms with Crippen molar-refractivity contribution in [2.24, 2.45) is 0 Å². The van der Waals surface area contributed by atoms with E-state index in [2.05, 4.69) is 24.8 Å². The van der Waals surface area contributed by atoms with Gasteiger partial charge in [0.1, 0.15) is 17.6 Å². The number of Topliss-reactive ketones (excluding diaryl/α,β-unsaturated/α-hetero) is 1. The van der Waals surface area contributed by atoms with E-state index < -0.39 is 0 Å². The van der Waals surface area contributed by atoms with Crippen LogP contribution in [0.15, 0.2) is 35.5 Å². The summed E-state index contributed by atoms with van der Waals surface area (Å²) < 4.78 is 3.26. The predicted octanol–water partition coefficient (Wildman–Crippen LogP) is 2.69. The number of carbonyl (C=O) groups excluding carboxylic acids is 1. The van der Waals surface area contributed by atoms with Crippen LogP contribution in [0, 0.1) is 6.57 Å². The number of aromatic amines is 1. The largest absolute Gasteiger partial charge is 0.327 e. The average Bonchev–Trinajstić information content (AvgIpc) is 3.26. The number of imidazole rings is 2. The quantitative estimate of drug-likeness (QED) is 0.544. The highest BCUT2D eigenvalue weighted by Crippen LogP contribution is 2.28. The van der Waals surface area contributed by atoms with Crippen LogP contribution in [0.5, 0.6) is 0 Å². The summed E-state index contributed by atoms with van der Waals surface area (Å²) in [5.74, 6) is 0.520. The van der Waals surface area contributed by atoms with Gasteiger partial charge in [0.2, 0.25) is 5.95 Å². The fourth-order valence-electron chi connectivity index (χ4n) is 3.81. The van der Waals surface area contributed by atoms with E-state index in [1.54, 1.807) is 39.9 Å². The molecule has 1 aliphatic carbocycles. The number of hydrogen-bond donors (Lipinski definition) is 1. The zero-order valence-electron chi connectivity index (χ0n) is 14.8. The van der Waals surface area contributed by atoms with Crippen molar-refractivity contribution in [2.75, 3.05) is 0 Å². The van der Waals surface area contributed by atoms with Gasteiger partial charge in [-0.1, -0.05) is 6.07 Å². The molecule has 1 unspecified atom stereocenters. The van der Waals surface area contributed by atoms with Gasteiger partial charge in [0.05, 0.1) is 23.8 Å². The van der Waals surface area contributed by atoms with Gasteiger partial charge in [-0.25, -0.2) is 19.6 Å². The molecule has 0 spiro atoms. The molecule has 9 heteroatoms. The van der Waals surface area contributed by atoms with Crippen molar-refractivity contribution in [3.8, 4) is 5.95 Å². The van der Waals surface area contributed by atoms with Crippen molar-refractivity contribution >= 4 is 33.7 Å². The van der Waals surface area contributed by atoms with E-state index in [-0.39, 0.29) is 17.5 Å². The molecule has 1 aromatic carbocycles. The van der Waals surface area contributed by atoms with Crippen LogP contribution in [0.2, 0.25) is 0 Å². The topological polar surface area (TPSA) is 103 Å². The first kappa shape index (κ1) is 16.4. The Morgan fingerprint density at radius 2 is 2.14 bits per heavy atom. The standard InChI is InChI=1S/C19H15N7O2/c1-20-11-5-6-14-16(7-11)25(10-22-14)18-21-9-15-17(24-18)26(19(28)23-15)12-3-2-4-13(27)8-12/h5-7,9-10,12H,2-4,8H2,(H,23,28). The highest BCUT2D eigenvalue weighted by atomic mass is 16.1. The Bertz CT molecular complexity index is 1340. The smallest absolute Gasteiger partial charge is 0.303 e. The van der Waals surface area contributed by atoms with Crippen LogP contribution < -0.4 is 5.69 Å². The lowest BCUT2D eigenvalue weighted by Crippen LogP contribution is -2.27. The number of benzene rings is 1. The number of hydrogen-bond acceptors (Lipinski definition) is 5. The summed E-state index contributed by atoms with van der Waals surface area (Å²) in [6.07, 6.45) is 5.60. The monoisotopic (exact) mass is 373 g/mol. The number of nitrogens with zero attached hydrogens (tertiary/aromatic N) is 6. The van der Waals surface area contributed by atoms with Crippen LogP contribution in [0.25, 0.3) is 33.0 Å². The summed E-state index contributed by atoms with van der Waals surface area (Å²) >= 11 is 0. The minimum Gasteiger partial charge on any atom is -0.303 e.